The third-order valence-electron chi connectivity index (χ3n) is 6.96. The normalized spacial score (nSPS) is 13.8. The summed E-state index contributed by atoms with van der Waals surface area (Å²) in [5, 5.41) is 0. The minimum atomic E-state index is -3.93. The first-order chi connectivity index (χ1) is 15.2. The zero-order valence-electron chi connectivity index (χ0n) is 22.3. The standard InChI is InChI=1S/C26H57O4PS/c1-6-9-12-15-18-21-24-31(5,30-32(27,28)29-4,25-22-19-16-13-10-7-2)26-23-20-17-14-11-8-3/h6-26H2,1-5H3. The molecule has 0 fully saturated rings. The third kappa shape index (κ3) is 16.0. The van der Waals surface area contributed by atoms with Crippen LogP contribution >= 0.6 is 6.83 Å². The molecule has 0 spiro atoms. The van der Waals surface area contributed by atoms with Crippen molar-refractivity contribution in [3.05, 3.63) is 0 Å². The van der Waals surface area contributed by atoms with Crippen LogP contribution in [-0.2, 0) is 18.6 Å². The van der Waals surface area contributed by atoms with E-state index in [0.717, 1.165) is 37.7 Å². The molecule has 0 rings (SSSR count). The fourth-order valence-electron chi connectivity index (χ4n) is 4.78. The molecule has 4 nitrogen and oxygen atoms in total. The molecular formula is C26H57O4PS. The summed E-state index contributed by atoms with van der Waals surface area (Å²) in [7, 11) is -2.70. The van der Waals surface area contributed by atoms with Crippen LogP contribution in [0.4, 0.5) is 0 Å². The molecule has 0 heterocycles. The molecule has 0 radical (unpaired) electrons. The molecule has 0 bridgehead atoms. The summed E-state index contributed by atoms with van der Waals surface area (Å²) in [6.07, 6.45) is 24.7. The molecule has 0 aliphatic rings. The van der Waals surface area contributed by atoms with Crippen LogP contribution in [0.3, 0.4) is 0 Å². The van der Waals surface area contributed by atoms with Crippen LogP contribution in [-0.4, -0.2) is 40.7 Å². The minimum absolute atomic E-state index is 0.921. The first-order valence-electron chi connectivity index (χ1n) is 13.8. The van der Waals surface area contributed by atoms with E-state index < -0.39 is 17.2 Å². The van der Waals surface area contributed by atoms with Gasteiger partial charge >= 0.3 is 202 Å². The molecule has 0 aromatic heterocycles. The molecule has 0 aliphatic carbocycles. The molecule has 0 saturated carbocycles. The van der Waals surface area contributed by atoms with E-state index in [2.05, 4.69) is 27.4 Å². The molecule has 0 amide bonds. The molecule has 196 valence electrons. The average molecular weight is 497 g/mol. The molecule has 0 N–H and O–H groups in total. The zero-order chi connectivity index (χ0) is 24.2. The Morgan fingerprint density at radius 1 is 0.531 bits per heavy atom. The van der Waals surface area contributed by atoms with Crippen molar-refractivity contribution in [2.45, 2.75) is 136 Å². The van der Waals surface area contributed by atoms with Gasteiger partial charge in [-0.05, 0) is 0 Å². The number of unbranched alkanes of at least 4 members (excludes halogenated alkanes) is 15. The summed E-state index contributed by atoms with van der Waals surface area (Å²) in [5.74, 6) is 0. The van der Waals surface area contributed by atoms with Crippen LogP contribution < -0.4 is 0 Å². The molecule has 0 atom stereocenters. The van der Waals surface area contributed by atoms with Gasteiger partial charge in [0.05, 0.1) is 0 Å². The molecule has 0 aromatic rings. The number of rotatable bonds is 24. The monoisotopic (exact) mass is 496 g/mol. The first-order valence-corrected chi connectivity index (χ1v) is 18.3. The number of hydrogen-bond acceptors (Lipinski definition) is 4. The Morgan fingerprint density at radius 2 is 0.812 bits per heavy atom. The van der Waals surface area contributed by atoms with Gasteiger partial charge in [0.1, 0.15) is 0 Å². The van der Waals surface area contributed by atoms with Gasteiger partial charge in [0.15, 0.2) is 0 Å². The summed E-state index contributed by atoms with van der Waals surface area (Å²) in [6.45, 7) is 6.06. The maximum absolute atomic E-state index is 12.5. The summed E-state index contributed by atoms with van der Waals surface area (Å²) in [4.78, 5) is 0. The Kier molecular flexibility index (Phi) is 18.8. The molecule has 0 aromatic carbocycles. The van der Waals surface area contributed by atoms with Gasteiger partial charge in [-0.3, -0.25) is 0 Å². The van der Waals surface area contributed by atoms with Crippen LogP contribution in [0.15, 0.2) is 0 Å². The van der Waals surface area contributed by atoms with E-state index in [1.165, 1.54) is 103 Å². The molecule has 0 aliphatic heterocycles. The first kappa shape index (κ1) is 32.3. The van der Waals surface area contributed by atoms with Gasteiger partial charge in [0, 0.05) is 0 Å². The van der Waals surface area contributed by atoms with Gasteiger partial charge in [-0.25, -0.2) is 0 Å². The van der Waals surface area contributed by atoms with Crippen LogP contribution in [0.1, 0.15) is 136 Å². The summed E-state index contributed by atoms with van der Waals surface area (Å²) in [5.41, 5.74) is 0. The van der Waals surface area contributed by atoms with E-state index in [1.807, 2.05) is 0 Å². The van der Waals surface area contributed by atoms with Crippen molar-refractivity contribution >= 4 is 17.2 Å². The second kappa shape index (κ2) is 18.6. The van der Waals surface area contributed by atoms with Crippen LogP contribution in [0.25, 0.3) is 0 Å². The zero-order valence-corrected chi connectivity index (χ0v) is 24.0. The van der Waals surface area contributed by atoms with Crippen LogP contribution in [0.5, 0.6) is 0 Å². The fraction of sp³-hybridized carbons (Fsp3) is 1.00. The molecule has 0 saturated heterocycles. The maximum atomic E-state index is 12.5. The number of hydrogen-bond donors (Lipinski definition) is 0. The predicted molar refractivity (Wildman–Crippen MR) is 145 cm³/mol. The van der Waals surface area contributed by atoms with E-state index >= 15 is 0 Å². The van der Waals surface area contributed by atoms with Crippen molar-refractivity contribution in [2.75, 3.05) is 32.3 Å². The van der Waals surface area contributed by atoms with Gasteiger partial charge in [0.2, 0.25) is 0 Å². The molecule has 0 unspecified atom stereocenters. The van der Waals surface area contributed by atoms with Crippen LogP contribution in [0.2, 0.25) is 0 Å². The summed E-state index contributed by atoms with van der Waals surface area (Å²) in [6, 6.07) is 0. The topological polar surface area (TPSA) is 52.6 Å². The van der Waals surface area contributed by atoms with E-state index in [-0.39, 0.29) is 0 Å². The average Bonchev–Trinajstić information content (AvgIpc) is 2.75. The summed E-state index contributed by atoms with van der Waals surface area (Å²) >= 11 is 0. The molecular weight excluding hydrogens is 439 g/mol. The van der Waals surface area contributed by atoms with Crippen molar-refractivity contribution in [2.24, 2.45) is 0 Å². The Bertz CT molecular complexity index is 492. The molecule has 32 heavy (non-hydrogen) atoms. The fourth-order valence-corrected chi connectivity index (χ4v) is 12.2. The Hall–Kier alpha value is 0.300. The van der Waals surface area contributed by atoms with E-state index in [9.17, 15) is 8.42 Å². The van der Waals surface area contributed by atoms with Gasteiger partial charge in [-0.1, -0.05) is 0 Å². The SMILES string of the molecule is CCCCCCCCP(C)(CCCCCCCC)(CCCCCCCC)OS(=O)(=O)OC. The van der Waals surface area contributed by atoms with Gasteiger partial charge in [0.25, 0.3) is 0 Å². The van der Waals surface area contributed by atoms with Crippen molar-refractivity contribution in [1.82, 2.24) is 0 Å². The van der Waals surface area contributed by atoms with Crippen molar-refractivity contribution < 1.29 is 16.6 Å². The Labute approximate surface area is 202 Å². The van der Waals surface area contributed by atoms with E-state index in [1.54, 1.807) is 0 Å². The third-order valence-corrected chi connectivity index (χ3v) is 14.7. The molecule has 6 heteroatoms. The van der Waals surface area contributed by atoms with Gasteiger partial charge in [-0.15, -0.1) is 0 Å². The van der Waals surface area contributed by atoms with Crippen LogP contribution in [0, 0.1) is 0 Å². The second-order valence-corrected chi connectivity index (χ2v) is 17.8. The van der Waals surface area contributed by atoms with Crippen molar-refractivity contribution in [3.8, 4) is 0 Å². The van der Waals surface area contributed by atoms with E-state index in [0.29, 0.717) is 0 Å². The quantitative estimate of drug-likeness (QED) is 0.0987. The van der Waals surface area contributed by atoms with Gasteiger partial charge < -0.3 is 0 Å². The van der Waals surface area contributed by atoms with E-state index in [4.69, 9.17) is 8.15 Å². The predicted octanol–water partition coefficient (Wildman–Crippen LogP) is 9.07. The van der Waals surface area contributed by atoms with Crippen molar-refractivity contribution in [3.63, 3.8) is 0 Å². The Balaban J connectivity index is 5.22. The second-order valence-electron chi connectivity index (χ2n) is 10.3. The van der Waals surface area contributed by atoms with Crippen molar-refractivity contribution in [1.29, 1.82) is 0 Å². The summed E-state index contributed by atoms with van der Waals surface area (Å²) < 4.78 is 36.0. The Morgan fingerprint density at radius 3 is 1.09 bits per heavy atom. The van der Waals surface area contributed by atoms with Gasteiger partial charge in [-0.2, -0.15) is 0 Å².